The quantitative estimate of drug-likeness (QED) is 0.176. The fraction of sp³-hybridized carbons (Fsp3) is 0.182. The Labute approximate surface area is 254 Å². The molecule has 0 amide bonds. The topological polar surface area (TPSA) is 51.8 Å². The van der Waals surface area contributed by atoms with E-state index < -0.39 is 26.6 Å². The summed E-state index contributed by atoms with van der Waals surface area (Å²) in [7, 11) is 0. The molecule has 0 unspecified atom stereocenters. The minimum absolute atomic E-state index is 0. The second-order valence-corrected chi connectivity index (χ2v) is 8.60. The van der Waals surface area contributed by atoms with Crippen LogP contribution in [0.1, 0.15) is 59.0 Å². The molecule has 1 radical (unpaired) electrons. The zero-order valence-electron chi connectivity index (χ0n) is 32.8. The molecule has 4 aromatic heterocycles. The van der Waals surface area contributed by atoms with Crippen LogP contribution in [-0.2, 0) is 20.1 Å². The summed E-state index contributed by atoms with van der Waals surface area (Å²) in [4.78, 5) is 12.3. The molecule has 7 rings (SSSR count). The van der Waals surface area contributed by atoms with E-state index in [1.807, 2.05) is 12.1 Å². The first-order valence-electron chi connectivity index (χ1n) is 18.1. The fourth-order valence-electron chi connectivity index (χ4n) is 3.99. The maximum absolute atomic E-state index is 8.23. The summed E-state index contributed by atoms with van der Waals surface area (Å²) in [5, 5.41) is 1.20. The van der Waals surface area contributed by atoms with Crippen molar-refractivity contribution in [2.75, 3.05) is 0 Å². The summed E-state index contributed by atoms with van der Waals surface area (Å²) < 4.78 is 105. The largest absolute Gasteiger partial charge is 0.486 e. The summed E-state index contributed by atoms with van der Waals surface area (Å²) in [5.74, 6) is 0.574. The maximum atomic E-state index is 8.23. The number of aromatic nitrogens is 3. The van der Waals surface area contributed by atoms with E-state index in [4.69, 9.17) is 22.2 Å². The molecule has 1 aliphatic rings. The van der Waals surface area contributed by atoms with Gasteiger partial charge in [-0.25, -0.2) is 4.98 Å². The van der Waals surface area contributed by atoms with E-state index in [-0.39, 0.29) is 77.6 Å². The van der Waals surface area contributed by atoms with Gasteiger partial charge in [-0.3, -0.25) is 0 Å². The second kappa shape index (κ2) is 11.0. The van der Waals surface area contributed by atoms with Crippen molar-refractivity contribution in [3.63, 3.8) is 0 Å². The normalized spacial score (nSPS) is 18.6. The van der Waals surface area contributed by atoms with Gasteiger partial charge in [0.2, 0.25) is 5.71 Å². The standard InChI is InChI=1S/C18H13N2O.C15H14N.Ir/c1-11-6-9-16(19-10-11)15-5-3-4-13-14-8-7-12(2)20-18(14)21-17(13)15;1-11-5-8-15(16-10-11)14-4-2-3-13(9-14)12-6-7-12;/h3-4,6-10H,1-2H3;2-3,5,8-10,12H,6-7H2,1H3;/q2*-1;/i1D3,2D3,6D,9D;1D3,5D,8D;. The van der Waals surface area contributed by atoms with Gasteiger partial charge in [-0.15, -0.1) is 53.6 Å². The van der Waals surface area contributed by atoms with E-state index in [0.29, 0.717) is 27.9 Å². The first kappa shape index (κ1) is 14.5. The van der Waals surface area contributed by atoms with Gasteiger partial charge < -0.3 is 14.4 Å². The molecule has 38 heavy (non-hydrogen) atoms. The van der Waals surface area contributed by atoms with Crippen molar-refractivity contribution in [3.05, 3.63) is 114 Å². The molecule has 0 aliphatic heterocycles. The first-order chi connectivity index (χ1) is 23.4. The van der Waals surface area contributed by atoms with Crippen LogP contribution in [0.2, 0.25) is 0 Å². The Morgan fingerprint density at radius 2 is 1.63 bits per heavy atom. The van der Waals surface area contributed by atoms with Gasteiger partial charge in [-0.1, -0.05) is 35.1 Å². The smallest absolute Gasteiger partial charge is 0.216 e. The van der Waals surface area contributed by atoms with E-state index >= 15 is 0 Å². The average Bonchev–Trinajstić information content (AvgIpc) is 3.82. The number of pyridine rings is 3. The molecule has 0 bridgehead atoms. The first-order valence-corrected chi connectivity index (χ1v) is 11.6. The third kappa shape index (κ3) is 5.45. The van der Waals surface area contributed by atoms with Crippen molar-refractivity contribution >= 4 is 22.1 Å². The van der Waals surface area contributed by atoms with Crippen LogP contribution in [0.25, 0.3) is 44.6 Å². The number of hydrogen-bond acceptors (Lipinski definition) is 4. The van der Waals surface area contributed by atoms with Crippen molar-refractivity contribution in [2.24, 2.45) is 0 Å². The van der Waals surface area contributed by atoms with Crippen molar-refractivity contribution < 1.29 is 42.3 Å². The Balaban J connectivity index is 0.000000204. The van der Waals surface area contributed by atoms with Gasteiger partial charge in [0.25, 0.3) is 0 Å². The maximum Gasteiger partial charge on any atom is 0.216 e. The van der Waals surface area contributed by atoms with Crippen LogP contribution in [0.15, 0.2) is 83.4 Å². The number of hydrogen-bond donors (Lipinski definition) is 0. The van der Waals surface area contributed by atoms with Gasteiger partial charge in [-0.05, 0) is 74.0 Å². The van der Waals surface area contributed by atoms with Crippen LogP contribution in [0.4, 0.5) is 0 Å². The Kier molecular flexibility index (Phi) is 4.19. The van der Waals surface area contributed by atoms with Gasteiger partial charge in [0.05, 0.1) is 11.1 Å². The van der Waals surface area contributed by atoms with E-state index in [0.717, 1.165) is 6.20 Å². The molecule has 1 fully saturated rings. The minimum Gasteiger partial charge on any atom is -0.486 e. The molecular formula is C33H27IrN3O-2. The van der Waals surface area contributed by atoms with Crippen molar-refractivity contribution in [2.45, 2.75) is 39.3 Å². The van der Waals surface area contributed by atoms with Crippen LogP contribution < -0.4 is 0 Å². The number of aryl methyl sites for hydroxylation is 3. The fourth-order valence-corrected chi connectivity index (χ4v) is 3.99. The van der Waals surface area contributed by atoms with Crippen LogP contribution >= 0.6 is 0 Å². The number of benzene rings is 2. The molecule has 1 aliphatic carbocycles. The summed E-state index contributed by atoms with van der Waals surface area (Å²) in [6.07, 6.45) is 4.59. The molecule has 0 N–H and O–H groups in total. The summed E-state index contributed by atoms with van der Waals surface area (Å²) in [6, 6.07) is 16.7. The van der Waals surface area contributed by atoms with Crippen molar-refractivity contribution in [1.29, 1.82) is 0 Å². The van der Waals surface area contributed by atoms with Gasteiger partial charge in [-0.2, -0.15) is 0 Å². The monoisotopic (exact) mass is 687 g/mol. The molecule has 0 atom stereocenters. The van der Waals surface area contributed by atoms with E-state index in [1.54, 1.807) is 24.3 Å². The molecule has 6 aromatic rings. The Morgan fingerprint density at radius 3 is 2.39 bits per heavy atom. The third-order valence-electron chi connectivity index (χ3n) is 5.94. The number of furan rings is 1. The summed E-state index contributed by atoms with van der Waals surface area (Å²) in [6.45, 7) is -7.36. The van der Waals surface area contributed by atoms with Gasteiger partial charge in [0, 0.05) is 55.9 Å². The SMILES string of the molecule is [2H]c1c(C([2H])([2H])[2H])cnc(-c2[c-]ccc(C3CC3)c2)c1[2H].[2H]c1c(C([2H])([2H])[2H])cnc(-c2[c-]ccc3c2oc2nc(C([2H])([2H])[2H])ccc23)c1[2H].[Ir]. The van der Waals surface area contributed by atoms with E-state index in [9.17, 15) is 0 Å². The third-order valence-corrected chi connectivity index (χ3v) is 5.94. The molecular weight excluding hydrogens is 647 g/mol. The molecule has 0 saturated heterocycles. The van der Waals surface area contributed by atoms with E-state index in [1.165, 1.54) is 30.7 Å². The second-order valence-electron chi connectivity index (χ2n) is 8.60. The Morgan fingerprint density at radius 1 is 0.868 bits per heavy atom. The zero-order chi connectivity index (χ0) is 36.3. The van der Waals surface area contributed by atoms with Gasteiger partial charge in [0.15, 0.2) is 0 Å². The van der Waals surface area contributed by atoms with Gasteiger partial charge >= 0.3 is 0 Å². The molecule has 2 aromatic carbocycles. The van der Waals surface area contributed by atoms with Crippen LogP contribution in [0.5, 0.6) is 0 Å². The molecule has 4 heterocycles. The van der Waals surface area contributed by atoms with Crippen molar-refractivity contribution in [1.82, 2.24) is 15.0 Å². The van der Waals surface area contributed by atoms with Crippen LogP contribution in [0.3, 0.4) is 0 Å². The zero-order valence-corrected chi connectivity index (χ0v) is 22.2. The molecule has 4 nitrogen and oxygen atoms in total. The van der Waals surface area contributed by atoms with Crippen LogP contribution in [-0.4, -0.2) is 15.0 Å². The predicted molar refractivity (Wildman–Crippen MR) is 148 cm³/mol. The molecule has 5 heteroatoms. The summed E-state index contributed by atoms with van der Waals surface area (Å²) in [5.41, 5.74) is 2.26. The van der Waals surface area contributed by atoms with E-state index in [2.05, 4.69) is 27.1 Å². The molecule has 1 saturated carbocycles. The van der Waals surface area contributed by atoms with Gasteiger partial charge in [0.1, 0.15) is 0 Å². The van der Waals surface area contributed by atoms with Crippen molar-refractivity contribution in [3.8, 4) is 22.5 Å². The minimum atomic E-state index is -2.55. The predicted octanol–water partition coefficient (Wildman–Crippen LogP) is 8.19. The Hall–Kier alpha value is -3.66. The number of rotatable bonds is 3. The molecule has 191 valence electrons. The molecule has 0 spiro atoms. The Bertz CT molecular complexity index is 2260. The number of fused-ring (bicyclic) bond motifs is 3. The number of nitrogens with zero attached hydrogens (tertiary/aromatic N) is 3. The van der Waals surface area contributed by atoms with Crippen LogP contribution in [0, 0.1) is 32.7 Å². The summed E-state index contributed by atoms with van der Waals surface area (Å²) >= 11 is 0. The average molecular weight is 687 g/mol.